The van der Waals surface area contributed by atoms with Crippen molar-refractivity contribution in [1.29, 1.82) is 0 Å². The summed E-state index contributed by atoms with van der Waals surface area (Å²) in [6.45, 7) is 8.84. The molecule has 0 aliphatic carbocycles. The smallest absolute Gasteiger partial charge is 0.255 e. The number of rotatable bonds is 2. The van der Waals surface area contributed by atoms with E-state index in [1.165, 1.54) is 0 Å². The van der Waals surface area contributed by atoms with Gasteiger partial charge < -0.3 is 15.4 Å². The molecule has 0 radical (unpaired) electrons. The summed E-state index contributed by atoms with van der Waals surface area (Å²) in [4.78, 5) is 35.2. The van der Waals surface area contributed by atoms with Crippen molar-refractivity contribution in [2.75, 3.05) is 45.1 Å². The van der Waals surface area contributed by atoms with Gasteiger partial charge in [0.05, 0.1) is 41.9 Å². The largest absolute Gasteiger partial charge is 0.383 e. The number of anilines is 1. The Hall–Kier alpha value is -3.61. The van der Waals surface area contributed by atoms with Crippen LogP contribution in [0, 0.1) is 25.7 Å². The van der Waals surface area contributed by atoms with Crippen LogP contribution in [0.5, 0.6) is 0 Å². The Labute approximate surface area is 204 Å². The molecule has 2 fully saturated rings. The number of nitrogens with zero attached hydrogens (tertiary/aromatic N) is 6. The average molecular weight is 472 g/mol. The monoisotopic (exact) mass is 471 g/mol. The second-order valence-electron chi connectivity index (χ2n) is 9.03. The molecule has 5 heterocycles. The van der Waals surface area contributed by atoms with E-state index in [1.807, 2.05) is 18.7 Å². The highest BCUT2D eigenvalue weighted by atomic mass is 16.5. The van der Waals surface area contributed by atoms with E-state index in [0.29, 0.717) is 39.6 Å². The Morgan fingerprint density at radius 3 is 2.54 bits per heavy atom. The SMILES string of the molecule is Cc1nc2cnc(N)c(C#Cc3cncc(C(=O)N4CCC(N5CCOCC5)CC4)c3)c2nc1C. The van der Waals surface area contributed by atoms with Gasteiger partial charge in [-0.05, 0) is 32.8 Å². The van der Waals surface area contributed by atoms with Crippen LogP contribution < -0.4 is 5.73 Å². The van der Waals surface area contributed by atoms with E-state index >= 15 is 0 Å². The lowest BCUT2D eigenvalue weighted by Gasteiger charge is -2.40. The van der Waals surface area contributed by atoms with Crippen LogP contribution in [0.25, 0.3) is 11.0 Å². The maximum Gasteiger partial charge on any atom is 0.255 e. The van der Waals surface area contributed by atoms with E-state index in [9.17, 15) is 4.79 Å². The maximum atomic E-state index is 13.2. The molecule has 9 nitrogen and oxygen atoms in total. The Balaban J connectivity index is 1.32. The van der Waals surface area contributed by atoms with Gasteiger partial charge in [-0.25, -0.2) is 15.0 Å². The number of morpholine rings is 1. The molecule has 2 aliphatic heterocycles. The molecular formula is C26H29N7O2. The van der Waals surface area contributed by atoms with E-state index in [-0.39, 0.29) is 5.91 Å². The first-order chi connectivity index (χ1) is 17.0. The Morgan fingerprint density at radius 2 is 1.77 bits per heavy atom. The minimum Gasteiger partial charge on any atom is -0.383 e. The molecule has 3 aromatic rings. The zero-order chi connectivity index (χ0) is 24.4. The number of pyridine rings is 2. The summed E-state index contributed by atoms with van der Waals surface area (Å²) in [6, 6.07) is 2.31. The van der Waals surface area contributed by atoms with E-state index in [1.54, 1.807) is 24.7 Å². The molecule has 180 valence electrons. The Kier molecular flexibility index (Phi) is 6.57. The summed E-state index contributed by atoms with van der Waals surface area (Å²) < 4.78 is 5.46. The number of ether oxygens (including phenoxy) is 1. The average Bonchev–Trinajstić information content (AvgIpc) is 2.89. The van der Waals surface area contributed by atoms with Gasteiger partial charge in [0.25, 0.3) is 5.91 Å². The van der Waals surface area contributed by atoms with Gasteiger partial charge in [0, 0.05) is 50.2 Å². The molecule has 0 bridgehead atoms. The number of carbonyl (C=O) groups excluding carboxylic acids is 1. The summed E-state index contributed by atoms with van der Waals surface area (Å²) in [6.07, 6.45) is 6.81. The third-order valence-electron chi connectivity index (χ3n) is 6.78. The van der Waals surface area contributed by atoms with E-state index in [0.717, 1.165) is 63.6 Å². The first-order valence-corrected chi connectivity index (χ1v) is 12.0. The second-order valence-corrected chi connectivity index (χ2v) is 9.03. The fourth-order valence-electron chi connectivity index (χ4n) is 4.65. The highest BCUT2D eigenvalue weighted by molar-refractivity contribution is 5.94. The summed E-state index contributed by atoms with van der Waals surface area (Å²) >= 11 is 0. The zero-order valence-electron chi connectivity index (χ0n) is 20.1. The van der Waals surface area contributed by atoms with Crippen molar-refractivity contribution in [3.8, 4) is 11.8 Å². The van der Waals surface area contributed by atoms with Gasteiger partial charge in [0.15, 0.2) is 0 Å². The number of amides is 1. The normalized spacial score (nSPS) is 17.3. The van der Waals surface area contributed by atoms with Crippen LogP contribution in [0.4, 0.5) is 5.82 Å². The molecule has 2 N–H and O–H groups in total. The number of piperidine rings is 1. The van der Waals surface area contributed by atoms with Crippen LogP contribution in [-0.4, -0.2) is 81.1 Å². The lowest BCUT2D eigenvalue weighted by molar-refractivity contribution is 0.00158. The highest BCUT2D eigenvalue weighted by Crippen LogP contribution is 2.21. The van der Waals surface area contributed by atoms with Crippen molar-refractivity contribution in [2.45, 2.75) is 32.7 Å². The first kappa shape index (κ1) is 23.1. The molecule has 0 atom stereocenters. The molecule has 35 heavy (non-hydrogen) atoms. The van der Waals surface area contributed by atoms with Gasteiger partial charge in [0.1, 0.15) is 16.9 Å². The minimum atomic E-state index is -0.00937. The van der Waals surface area contributed by atoms with Crippen molar-refractivity contribution in [3.63, 3.8) is 0 Å². The van der Waals surface area contributed by atoms with Crippen LogP contribution in [0.1, 0.15) is 45.7 Å². The molecule has 3 aromatic heterocycles. The number of hydrogen-bond acceptors (Lipinski definition) is 8. The molecule has 2 saturated heterocycles. The van der Waals surface area contributed by atoms with Gasteiger partial charge >= 0.3 is 0 Å². The molecule has 0 aromatic carbocycles. The van der Waals surface area contributed by atoms with Crippen molar-refractivity contribution in [2.24, 2.45) is 0 Å². The van der Waals surface area contributed by atoms with Gasteiger partial charge in [-0.2, -0.15) is 0 Å². The fourth-order valence-corrected chi connectivity index (χ4v) is 4.65. The van der Waals surface area contributed by atoms with E-state index in [4.69, 9.17) is 10.5 Å². The van der Waals surface area contributed by atoms with Crippen LogP contribution in [-0.2, 0) is 4.74 Å². The molecule has 1 amide bonds. The summed E-state index contributed by atoms with van der Waals surface area (Å²) in [7, 11) is 0. The van der Waals surface area contributed by atoms with E-state index in [2.05, 4.69) is 36.7 Å². The molecule has 2 aliphatic rings. The van der Waals surface area contributed by atoms with Gasteiger partial charge in [-0.3, -0.25) is 14.7 Å². The maximum absolute atomic E-state index is 13.2. The number of nitrogens with two attached hydrogens (primary N) is 1. The van der Waals surface area contributed by atoms with Crippen molar-refractivity contribution in [1.82, 2.24) is 29.7 Å². The fraction of sp³-hybridized carbons (Fsp3) is 0.423. The predicted molar refractivity (Wildman–Crippen MR) is 133 cm³/mol. The highest BCUT2D eigenvalue weighted by Gasteiger charge is 2.28. The standard InChI is InChI=1S/C26H29N7O2/c1-17-18(2)31-24-22(25(27)29-16-23(24)30-17)4-3-19-13-20(15-28-14-19)26(34)33-7-5-21(6-8-33)32-9-11-35-12-10-32/h13-16,21H,5-12H2,1-2H3,(H2,27,29). The van der Waals surface area contributed by atoms with Crippen molar-refractivity contribution in [3.05, 3.63) is 52.7 Å². The summed E-state index contributed by atoms with van der Waals surface area (Å²) in [5.41, 5.74) is 10.7. The van der Waals surface area contributed by atoms with Crippen molar-refractivity contribution < 1.29 is 9.53 Å². The second kappa shape index (κ2) is 9.94. The summed E-state index contributed by atoms with van der Waals surface area (Å²) in [5, 5.41) is 0. The number of aryl methyl sites for hydroxylation is 2. The van der Waals surface area contributed by atoms with E-state index < -0.39 is 0 Å². The number of likely N-dealkylation sites (tertiary alicyclic amines) is 1. The number of hydrogen-bond donors (Lipinski definition) is 1. The third-order valence-corrected chi connectivity index (χ3v) is 6.78. The molecule has 0 spiro atoms. The van der Waals surface area contributed by atoms with Crippen LogP contribution in [0.3, 0.4) is 0 Å². The summed E-state index contributed by atoms with van der Waals surface area (Å²) in [5.74, 6) is 6.46. The molecular weight excluding hydrogens is 442 g/mol. The van der Waals surface area contributed by atoms with Gasteiger partial charge in [-0.15, -0.1) is 0 Å². The first-order valence-electron chi connectivity index (χ1n) is 12.0. The molecule has 0 unspecified atom stereocenters. The third kappa shape index (κ3) is 4.94. The van der Waals surface area contributed by atoms with Crippen LogP contribution in [0.2, 0.25) is 0 Å². The topological polar surface area (TPSA) is 110 Å². The Bertz CT molecular complexity index is 1320. The minimum absolute atomic E-state index is 0.00937. The predicted octanol–water partition coefficient (Wildman–Crippen LogP) is 1.96. The number of nitrogen functional groups attached to an aromatic ring is 1. The van der Waals surface area contributed by atoms with Gasteiger partial charge in [0.2, 0.25) is 0 Å². The molecule has 0 saturated carbocycles. The molecule has 9 heteroatoms. The Morgan fingerprint density at radius 1 is 1.03 bits per heavy atom. The van der Waals surface area contributed by atoms with Crippen LogP contribution in [0.15, 0.2) is 24.7 Å². The lowest BCUT2D eigenvalue weighted by atomic mass is 10.0. The number of fused-ring (bicyclic) bond motifs is 1. The number of carbonyl (C=O) groups is 1. The van der Waals surface area contributed by atoms with Gasteiger partial charge in [-0.1, -0.05) is 11.8 Å². The quantitative estimate of drug-likeness (QED) is 0.565. The molecule has 5 rings (SSSR count). The van der Waals surface area contributed by atoms with Crippen LogP contribution >= 0.6 is 0 Å². The number of aromatic nitrogens is 4. The zero-order valence-corrected chi connectivity index (χ0v) is 20.1. The lowest BCUT2D eigenvalue weighted by Crippen LogP contribution is -2.50. The van der Waals surface area contributed by atoms with Crippen molar-refractivity contribution >= 4 is 22.8 Å².